The zero-order chi connectivity index (χ0) is 15.7. The number of piperazine rings is 1. The van der Waals surface area contributed by atoms with Crippen LogP contribution in [0.15, 0.2) is 0 Å². The van der Waals surface area contributed by atoms with Gasteiger partial charge in [0.25, 0.3) is 5.91 Å². The van der Waals surface area contributed by atoms with E-state index in [1.165, 1.54) is 24.1 Å². The average molecular weight is 304 g/mol. The number of H-pyrrole nitrogens is 1. The van der Waals surface area contributed by atoms with Crippen molar-refractivity contribution in [2.24, 2.45) is 5.41 Å². The molecule has 5 nitrogen and oxygen atoms in total. The van der Waals surface area contributed by atoms with Crippen LogP contribution in [0.4, 0.5) is 0 Å². The average Bonchev–Trinajstić information content (AvgIpc) is 2.89. The first-order chi connectivity index (χ1) is 10.4. The van der Waals surface area contributed by atoms with Gasteiger partial charge in [-0.3, -0.25) is 14.8 Å². The van der Waals surface area contributed by atoms with Crippen LogP contribution in [0.5, 0.6) is 0 Å². The molecule has 0 radical (unpaired) electrons. The summed E-state index contributed by atoms with van der Waals surface area (Å²) in [5.74, 6) is 0.120. The summed E-state index contributed by atoms with van der Waals surface area (Å²) in [6.07, 6.45) is 4.41. The quantitative estimate of drug-likeness (QED) is 0.910. The molecule has 122 valence electrons. The van der Waals surface area contributed by atoms with Gasteiger partial charge in [0.2, 0.25) is 0 Å². The molecule has 3 rings (SSSR count). The normalized spacial score (nSPS) is 20.0. The van der Waals surface area contributed by atoms with Gasteiger partial charge >= 0.3 is 0 Å². The Morgan fingerprint density at radius 1 is 1.14 bits per heavy atom. The van der Waals surface area contributed by atoms with Crippen molar-refractivity contribution in [2.45, 2.75) is 46.5 Å². The van der Waals surface area contributed by atoms with E-state index in [0.717, 1.165) is 45.6 Å². The third-order valence-corrected chi connectivity index (χ3v) is 4.62. The summed E-state index contributed by atoms with van der Waals surface area (Å²) >= 11 is 0. The summed E-state index contributed by atoms with van der Waals surface area (Å²) in [6.45, 7) is 11.5. The highest BCUT2D eigenvalue weighted by Crippen LogP contribution is 2.23. The number of fused-ring (bicyclic) bond motifs is 1. The van der Waals surface area contributed by atoms with Crippen LogP contribution >= 0.6 is 0 Å². The number of aromatic nitrogens is 2. The van der Waals surface area contributed by atoms with Crippen LogP contribution in [-0.2, 0) is 12.8 Å². The van der Waals surface area contributed by atoms with Crippen molar-refractivity contribution >= 4 is 5.91 Å². The Morgan fingerprint density at radius 2 is 1.82 bits per heavy atom. The number of amides is 1. The summed E-state index contributed by atoms with van der Waals surface area (Å²) in [6, 6.07) is 0. The highest BCUT2D eigenvalue weighted by Gasteiger charge is 2.28. The number of rotatable bonds is 2. The molecule has 0 spiro atoms. The van der Waals surface area contributed by atoms with E-state index >= 15 is 0 Å². The Kier molecular flexibility index (Phi) is 4.26. The van der Waals surface area contributed by atoms with E-state index < -0.39 is 0 Å². The molecule has 0 bridgehead atoms. The molecule has 1 aliphatic heterocycles. The van der Waals surface area contributed by atoms with Crippen molar-refractivity contribution in [3.8, 4) is 0 Å². The number of hydrogen-bond donors (Lipinski definition) is 1. The monoisotopic (exact) mass is 304 g/mol. The van der Waals surface area contributed by atoms with Crippen LogP contribution in [0.1, 0.15) is 55.4 Å². The number of carbonyl (C=O) groups excluding carboxylic acids is 1. The van der Waals surface area contributed by atoms with Gasteiger partial charge in [0.05, 0.1) is 0 Å². The molecule has 0 atom stereocenters. The van der Waals surface area contributed by atoms with Gasteiger partial charge in [-0.25, -0.2) is 0 Å². The second-order valence-corrected chi connectivity index (χ2v) is 7.87. The molecular formula is C17H28N4O. The first-order valence-corrected chi connectivity index (χ1v) is 8.52. The molecule has 2 aliphatic rings. The van der Waals surface area contributed by atoms with Gasteiger partial charge in [-0.05, 0) is 31.1 Å². The molecule has 1 aliphatic carbocycles. The lowest BCUT2D eigenvalue weighted by molar-refractivity contribution is 0.0585. The zero-order valence-electron chi connectivity index (χ0n) is 14.1. The highest BCUT2D eigenvalue weighted by molar-refractivity contribution is 5.94. The topological polar surface area (TPSA) is 52.2 Å². The summed E-state index contributed by atoms with van der Waals surface area (Å²) < 4.78 is 0. The van der Waals surface area contributed by atoms with Crippen LogP contribution in [0.3, 0.4) is 0 Å². The van der Waals surface area contributed by atoms with Crippen molar-refractivity contribution in [3.63, 3.8) is 0 Å². The molecule has 1 fully saturated rings. The fourth-order valence-electron chi connectivity index (χ4n) is 3.59. The van der Waals surface area contributed by atoms with Gasteiger partial charge in [-0.2, -0.15) is 5.10 Å². The van der Waals surface area contributed by atoms with Crippen molar-refractivity contribution in [1.29, 1.82) is 0 Å². The predicted octanol–water partition coefficient (Wildman–Crippen LogP) is 2.09. The van der Waals surface area contributed by atoms with Crippen molar-refractivity contribution in [3.05, 3.63) is 17.0 Å². The minimum Gasteiger partial charge on any atom is -0.335 e. The summed E-state index contributed by atoms with van der Waals surface area (Å²) in [5, 5.41) is 7.40. The van der Waals surface area contributed by atoms with E-state index in [1.807, 2.05) is 4.90 Å². The molecule has 22 heavy (non-hydrogen) atoms. The van der Waals surface area contributed by atoms with Gasteiger partial charge < -0.3 is 4.90 Å². The van der Waals surface area contributed by atoms with Crippen LogP contribution in [0.2, 0.25) is 0 Å². The number of aryl methyl sites for hydroxylation is 1. The third-order valence-electron chi connectivity index (χ3n) is 4.62. The fourth-order valence-corrected chi connectivity index (χ4v) is 3.59. The number of carbonyl (C=O) groups is 1. The smallest absolute Gasteiger partial charge is 0.274 e. The predicted molar refractivity (Wildman–Crippen MR) is 87.0 cm³/mol. The molecule has 1 aromatic rings. The van der Waals surface area contributed by atoms with Gasteiger partial charge in [0.15, 0.2) is 5.69 Å². The second kappa shape index (κ2) is 6.03. The molecule has 2 heterocycles. The summed E-state index contributed by atoms with van der Waals surface area (Å²) in [7, 11) is 0. The van der Waals surface area contributed by atoms with Crippen LogP contribution in [-0.4, -0.2) is 58.6 Å². The van der Waals surface area contributed by atoms with E-state index in [4.69, 9.17) is 0 Å². The standard InChI is InChI=1S/C17H28N4O/c1-17(2,3)12-20-8-10-21(11-9-20)16(22)15-13-6-4-5-7-14(13)18-19-15/h4-12H2,1-3H3,(H,18,19). The van der Waals surface area contributed by atoms with Crippen molar-refractivity contribution in [1.82, 2.24) is 20.0 Å². The minimum absolute atomic E-state index is 0.120. The molecule has 1 amide bonds. The minimum atomic E-state index is 0.120. The van der Waals surface area contributed by atoms with Crippen molar-refractivity contribution in [2.75, 3.05) is 32.7 Å². The number of nitrogens with zero attached hydrogens (tertiary/aromatic N) is 3. The van der Waals surface area contributed by atoms with Crippen LogP contribution in [0, 0.1) is 5.41 Å². The largest absolute Gasteiger partial charge is 0.335 e. The van der Waals surface area contributed by atoms with Gasteiger partial charge in [0.1, 0.15) is 0 Å². The van der Waals surface area contributed by atoms with E-state index in [2.05, 4.69) is 35.9 Å². The highest BCUT2D eigenvalue weighted by atomic mass is 16.2. The lowest BCUT2D eigenvalue weighted by Gasteiger charge is -2.37. The van der Waals surface area contributed by atoms with Crippen LogP contribution < -0.4 is 0 Å². The SMILES string of the molecule is CC(C)(C)CN1CCN(C(=O)c2n[nH]c3c2CCCC3)CC1. The molecule has 0 aromatic carbocycles. The molecule has 1 saturated heterocycles. The van der Waals surface area contributed by atoms with Gasteiger partial charge in [0, 0.05) is 44.0 Å². The maximum atomic E-state index is 12.7. The molecule has 1 aromatic heterocycles. The van der Waals surface area contributed by atoms with Gasteiger partial charge in [-0.15, -0.1) is 0 Å². The Hall–Kier alpha value is -1.36. The second-order valence-electron chi connectivity index (χ2n) is 7.87. The van der Waals surface area contributed by atoms with E-state index in [9.17, 15) is 4.79 Å². The van der Waals surface area contributed by atoms with Crippen LogP contribution in [0.25, 0.3) is 0 Å². The molecule has 5 heteroatoms. The van der Waals surface area contributed by atoms with E-state index in [1.54, 1.807) is 0 Å². The van der Waals surface area contributed by atoms with Crippen molar-refractivity contribution < 1.29 is 4.79 Å². The molecule has 0 unspecified atom stereocenters. The first-order valence-electron chi connectivity index (χ1n) is 8.52. The van der Waals surface area contributed by atoms with E-state index in [-0.39, 0.29) is 5.91 Å². The van der Waals surface area contributed by atoms with E-state index in [0.29, 0.717) is 11.1 Å². The molecule has 0 saturated carbocycles. The summed E-state index contributed by atoms with van der Waals surface area (Å²) in [5.41, 5.74) is 3.35. The number of hydrogen-bond acceptors (Lipinski definition) is 3. The Balaban J connectivity index is 1.62. The number of nitrogens with one attached hydrogen (secondary N) is 1. The Labute approximate surface area is 133 Å². The maximum absolute atomic E-state index is 12.7. The number of aromatic amines is 1. The lowest BCUT2D eigenvalue weighted by Crippen LogP contribution is -2.50. The molecular weight excluding hydrogens is 276 g/mol. The molecule has 1 N–H and O–H groups in total. The third kappa shape index (κ3) is 3.35. The fraction of sp³-hybridized carbons (Fsp3) is 0.765. The lowest BCUT2D eigenvalue weighted by atomic mass is 9.95. The Morgan fingerprint density at radius 3 is 2.50 bits per heavy atom. The summed E-state index contributed by atoms with van der Waals surface area (Å²) in [4.78, 5) is 17.2. The maximum Gasteiger partial charge on any atom is 0.274 e. The first kappa shape index (κ1) is 15.5. The Bertz CT molecular complexity index is 535. The zero-order valence-corrected chi connectivity index (χ0v) is 14.1. The van der Waals surface area contributed by atoms with Gasteiger partial charge in [-0.1, -0.05) is 20.8 Å².